The molecule has 6 heterocycles. The molecule has 36 heavy (non-hydrogen) atoms. The number of hydrazine groups is 2. The van der Waals surface area contributed by atoms with Crippen LogP contribution in [0.3, 0.4) is 0 Å². The molecule has 0 amide bonds. The Labute approximate surface area is 206 Å². The van der Waals surface area contributed by atoms with Crippen molar-refractivity contribution in [1.29, 1.82) is 0 Å². The maximum absolute atomic E-state index is 13.3. The first kappa shape index (κ1) is 22.6. The number of rotatable bonds is 4. The second-order valence-electron chi connectivity index (χ2n) is 9.15. The lowest BCUT2D eigenvalue weighted by Gasteiger charge is -2.15. The highest BCUT2D eigenvalue weighted by molar-refractivity contribution is 7.88. The van der Waals surface area contributed by atoms with Gasteiger partial charge in [0.15, 0.2) is 0 Å². The van der Waals surface area contributed by atoms with Gasteiger partial charge in [-0.15, -0.1) is 5.53 Å². The molecule has 2 aliphatic rings. The number of nitrogens with one attached hydrogen (secondary N) is 2. The third-order valence-corrected chi connectivity index (χ3v) is 8.02. The number of hydrogen-bond acceptors (Lipinski definition) is 9. The van der Waals surface area contributed by atoms with E-state index >= 15 is 0 Å². The van der Waals surface area contributed by atoms with Crippen molar-refractivity contribution in [2.75, 3.05) is 26.4 Å². The number of sulfonamides is 1. The number of imidazole rings is 1. The van der Waals surface area contributed by atoms with Gasteiger partial charge in [0.05, 0.1) is 52.1 Å². The fraction of sp³-hybridized carbons (Fsp3) is 0.304. The van der Waals surface area contributed by atoms with Crippen molar-refractivity contribution in [3.05, 3.63) is 59.0 Å². The second-order valence-corrected chi connectivity index (χ2v) is 11.1. The lowest BCUT2D eigenvalue weighted by molar-refractivity contribution is 0.330. The first-order chi connectivity index (χ1) is 17.2. The topological polar surface area (TPSA) is 130 Å². The summed E-state index contributed by atoms with van der Waals surface area (Å²) in [6.45, 7) is 0.628. The van der Waals surface area contributed by atoms with Crippen molar-refractivity contribution in [3.63, 3.8) is 0 Å². The van der Waals surface area contributed by atoms with Crippen molar-refractivity contribution >= 4 is 37.8 Å². The number of nitrogens with zero attached hydrogens (tertiary/aromatic N) is 7. The number of aromatic nitrogens is 5. The minimum Gasteiger partial charge on any atom is -0.300 e. The molecule has 0 saturated carbocycles. The minimum absolute atomic E-state index is 0.214. The minimum atomic E-state index is -3.34. The van der Waals surface area contributed by atoms with Gasteiger partial charge in [0.25, 0.3) is 0 Å². The molecular formula is C23H25N9O3S. The third-order valence-electron chi connectivity index (χ3n) is 6.75. The molecule has 4 aromatic heterocycles. The molecule has 12 nitrogen and oxygen atoms in total. The van der Waals surface area contributed by atoms with Crippen molar-refractivity contribution in [2.24, 2.45) is 7.05 Å². The van der Waals surface area contributed by atoms with Crippen LogP contribution in [0.4, 0.5) is 0 Å². The zero-order valence-corrected chi connectivity index (χ0v) is 20.8. The molecule has 2 aliphatic heterocycles. The van der Waals surface area contributed by atoms with Crippen LogP contribution in [0.1, 0.15) is 18.2 Å². The van der Waals surface area contributed by atoms with Crippen LogP contribution in [0.15, 0.2) is 47.7 Å². The molecular weight excluding hydrogens is 482 g/mol. The first-order valence-electron chi connectivity index (χ1n) is 11.5. The largest absolute Gasteiger partial charge is 0.329 e. The standard InChI is InChI=1S/C23H25N9O3S/c1-29-13-19(27-28-29)17-5-4-14(10-24-17)16-6-7-18-21(26-16)22-20(11-25-18)30(2)23(33)32(22)15-8-9-31(12-15)36(3,34)35/h4-7,10-11,13,15,27-28H,8-9,12H2,1-3H3/t15-/m0/s1. The van der Waals surface area contributed by atoms with Gasteiger partial charge in [0.2, 0.25) is 10.0 Å². The van der Waals surface area contributed by atoms with E-state index < -0.39 is 10.0 Å². The van der Waals surface area contributed by atoms with Crippen LogP contribution >= 0.6 is 0 Å². The van der Waals surface area contributed by atoms with E-state index in [0.717, 1.165) is 17.0 Å². The second kappa shape index (κ2) is 8.11. The number of fused-ring (bicyclic) bond motifs is 3. The normalized spacial score (nSPS) is 18.8. The van der Waals surface area contributed by atoms with Crippen LogP contribution < -0.4 is 16.7 Å². The van der Waals surface area contributed by atoms with E-state index in [2.05, 4.69) is 20.9 Å². The Morgan fingerprint density at radius 2 is 1.86 bits per heavy atom. The van der Waals surface area contributed by atoms with Crippen LogP contribution in [0.2, 0.25) is 0 Å². The van der Waals surface area contributed by atoms with Gasteiger partial charge < -0.3 is 5.43 Å². The van der Waals surface area contributed by atoms with E-state index in [4.69, 9.17) is 4.98 Å². The van der Waals surface area contributed by atoms with Gasteiger partial charge >= 0.3 is 5.69 Å². The van der Waals surface area contributed by atoms with Crippen LogP contribution in [0.5, 0.6) is 0 Å². The summed E-state index contributed by atoms with van der Waals surface area (Å²) in [4.78, 5) is 27.3. The highest BCUT2D eigenvalue weighted by atomic mass is 32.2. The zero-order valence-electron chi connectivity index (χ0n) is 20.0. The smallest absolute Gasteiger partial charge is 0.300 e. The summed E-state index contributed by atoms with van der Waals surface area (Å²) in [5, 5.41) is 1.80. The Hall–Kier alpha value is -3.81. The van der Waals surface area contributed by atoms with Crippen LogP contribution in [0.25, 0.3) is 39.0 Å². The molecule has 0 aromatic carbocycles. The lowest BCUT2D eigenvalue weighted by Crippen LogP contribution is -2.33. The maximum Gasteiger partial charge on any atom is 0.329 e. The van der Waals surface area contributed by atoms with E-state index in [-0.39, 0.29) is 18.3 Å². The average molecular weight is 508 g/mol. The molecule has 0 spiro atoms. The Kier molecular flexibility index (Phi) is 5.10. The number of hydrogen-bond donors (Lipinski definition) is 2. The van der Waals surface area contributed by atoms with Crippen molar-refractivity contribution < 1.29 is 8.42 Å². The predicted molar refractivity (Wildman–Crippen MR) is 136 cm³/mol. The number of aryl methyl sites for hydroxylation is 1. The summed E-state index contributed by atoms with van der Waals surface area (Å²) in [7, 11) is 0.242. The molecule has 0 unspecified atom stereocenters. The molecule has 0 radical (unpaired) electrons. The summed E-state index contributed by atoms with van der Waals surface area (Å²) in [5.41, 5.74) is 11.5. The lowest BCUT2D eigenvalue weighted by atomic mass is 10.1. The third kappa shape index (κ3) is 3.63. The van der Waals surface area contributed by atoms with Gasteiger partial charge in [-0.1, -0.05) is 0 Å². The van der Waals surface area contributed by atoms with Gasteiger partial charge in [-0.3, -0.25) is 24.1 Å². The quantitative estimate of drug-likeness (QED) is 0.412. The molecule has 2 N–H and O–H groups in total. The Morgan fingerprint density at radius 1 is 1.06 bits per heavy atom. The molecule has 6 rings (SSSR count). The summed E-state index contributed by atoms with van der Waals surface area (Å²) in [6, 6.07) is 7.34. The maximum atomic E-state index is 13.3. The monoisotopic (exact) mass is 507 g/mol. The predicted octanol–water partition coefficient (Wildman–Crippen LogP) is 0.805. The van der Waals surface area contributed by atoms with E-state index in [1.54, 1.807) is 33.6 Å². The SMILES string of the molecule is CN1C=C(c2ccc(-c3ccc4ncc5c(c4n3)n([C@H]3CCN(S(C)(=O)=O)C3)c(=O)n5C)cn2)NN1. The van der Waals surface area contributed by atoms with Gasteiger partial charge in [-0.2, -0.15) is 0 Å². The fourth-order valence-corrected chi connectivity index (χ4v) is 5.73. The molecule has 1 atom stereocenters. The summed E-state index contributed by atoms with van der Waals surface area (Å²) >= 11 is 0. The summed E-state index contributed by atoms with van der Waals surface area (Å²) in [5.74, 6) is 0. The fourth-order valence-electron chi connectivity index (χ4n) is 4.85. The van der Waals surface area contributed by atoms with Gasteiger partial charge in [0, 0.05) is 45.1 Å². The molecule has 13 heteroatoms. The Bertz CT molecular complexity index is 1710. The van der Waals surface area contributed by atoms with Crippen LogP contribution in [-0.4, -0.2) is 68.2 Å². The highest BCUT2D eigenvalue weighted by Crippen LogP contribution is 2.30. The number of pyridine rings is 3. The van der Waals surface area contributed by atoms with Gasteiger partial charge in [-0.25, -0.2) is 22.5 Å². The first-order valence-corrected chi connectivity index (χ1v) is 13.3. The van der Waals surface area contributed by atoms with Crippen LogP contribution in [0, 0.1) is 0 Å². The average Bonchev–Trinajstić information content (AvgIpc) is 3.58. The van der Waals surface area contributed by atoms with Crippen molar-refractivity contribution in [3.8, 4) is 11.3 Å². The molecule has 1 fully saturated rings. The zero-order chi connectivity index (χ0) is 25.2. The molecule has 1 saturated heterocycles. The van der Waals surface area contributed by atoms with E-state index in [9.17, 15) is 13.2 Å². The van der Waals surface area contributed by atoms with E-state index in [1.165, 1.54) is 10.6 Å². The van der Waals surface area contributed by atoms with Crippen molar-refractivity contribution in [1.82, 2.24) is 44.4 Å². The Balaban J connectivity index is 1.46. The highest BCUT2D eigenvalue weighted by Gasteiger charge is 2.32. The van der Waals surface area contributed by atoms with Crippen LogP contribution in [-0.2, 0) is 17.1 Å². The van der Waals surface area contributed by atoms with E-state index in [0.29, 0.717) is 40.7 Å². The van der Waals surface area contributed by atoms with Crippen molar-refractivity contribution in [2.45, 2.75) is 12.5 Å². The Morgan fingerprint density at radius 3 is 2.53 bits per heavy atom. The summed E-state index contributed by atoms with van der Waals surface area (Å²) in [6.07, 6.45) is 7.08. The summed E-state index contributed by atoms with van der Waals surface area (Å²) < 4.78 is 28.8. The molecule has 0 bridgehead atoms. The van der Waals surface area contributed by atoms with Gasteiger partial charge in [-0.05, 0) is 30.7 Å². The van der Waals surface area contributed by atoms with E-state index in [1.807, 2.05) is 37.5 Å². The molecule has 0 aliphatic carbocycles. The molecule has 186 valence electrons. The molecule has 4 aromatic rings. The van der Waals surface area contributed by atoms with Gasteiger partial charge in [0.1, 0.15) is 5.52 Å².